The number of ether oxygens (including phenoxy) is 2. The molecule has 2 N–H and O–H groups in total. The van der Waals surface area contributed by atoms with Gasteiger partial charge in [0.1, 0.15) is 18.2 Å². The average molecular weight is 289 g/mol. The molecule has 21 heavy (non-hydrogen) atoms. The van der Waals surface area contributed by atoms with Crippen LogP contribution in [-0.4, -0.2) is 12.6 Å². The smallest absolute Gasteiger partial charge is 0.338 e. The lowest BCUT2D eigenvalue weighted by molar-refractivity contribution is 0.0472. The summed E-state index contributed by atoms with van der Waals surface area (Å²) >= 11 is 0. The fourth-order valence-corrected chi connectivity index (χ4v) is 1.78. The second-order valence-corrected chi connectivity index (χ2v) is 4.39. The predicted molar refractivity (Wildman–Crippen MR) is 77.5 cm³/mol. The molecule has 0 heterocycles. The fourth-order valence-electron chi connectivity index (χ4n) is 1.78. The van der Waals surface area contributed by atoms with Crippen molar-refractivity contribution in [1.82, 2.24) is 0 Å². The highest BCUT2D eigenvalue weighted by atomic mass is 19.1. The molecule has 2 aromatic carbocycles. The van der Waals surface area contributed by atoms with Crippen molar-refractivity contribution in [3.05, 3.63) is 59.4 Å². The first-order valence-electron chi connectivity index (χ1n) is 6.54. The SMILES string of the molecule is CCOc1ccc(C(=O)OCc2ccc(F)cc2)cc1N. The summed E-state index contributed by atoms with van der Waals surface area (Å²) in [4.78, 5) is 11.9. The Morgan fingerprint density at radius 3 is 2.52 bits per heavy atom. The van der Waals surface area contributed by atoms with Crippen LogP contribution in [0.25, 0.3) is 0 Å². The number of esters is 1. The molecule has 0 atom stereocenters. The van der Waals surface area contributed by atoms with E-state index in [4.69, 9.17) is 15.2 Å². The first-order chi connectivity index (χ1) is 10.1. The molecule has 2 aromatic rings. The molecule has 5 heteroatoms. The maximum absolute atomic E-state index is 12.8. The lowest BCUT2D eigenvalue weighted by Gasteiger charge is -2.09. The van der Waals surface area contributed by atoms with Crippen molar-refractivity contribution < 1.29 is 18.7 Å². The second-order valence-electron chi connectivity index (χ2n) is 4.39. The number of carbonyl (C=O) groups is 1. The molecular formula is C16H16FNO3. The molecule has 0 aliphatic carbocycles. The number of hydrogen-bond acceptors (Lipinski definition) is 4. The van der Waals surface area contributed by atoms with Crippen LogP contribution >= 0.6 is 0 Å². The quantitative estimate of drug-likeness (QED) is 0.678. The summed E-state index contributed by atoms with van der Waals surface area (Å²) in [6.07, 6.45) is 0. The summed E-state index contributed by atoms with van der Waals surface area (Å²) in [5, 5.41) is 0. The van der Waals surface area contributed by atoms with Gasteiger partial charge in [0.05, 0.1) is 17.9 Å². The molecule has 0 fully saturated rings. The number of nitrogens with two attached hydrogens (primary N) is 1. The van der Waals surface area contributed by atoms with Crippen molar-refractivity contribution in [3.8, 4) is 5.75 Å². The molecule has 4 nitrogen and oxygen atoms in total. The fraction of sp³-hybridized carbons (Fsp3) is 0.188. The summed E-state index contributed by atoms with van der Waals surface area (Å²) in [5.74, 6) is -0.286. The van der Waals surface area contributed by atoms with Gasteiger partial charge in [-0.2, -0.15) is 0 Å². The van der Waals surface area contributed by atoms with E-state index in [-0.39, 0.29) is 12.4 Å². The third-order valence-corrected chi connectivity index (χ3v) is 2.83. The zero-order valence-electron chi connectivity index (χ0n) is 11.6. The molecule has 0 unspecified atom stereocenters. The van der Waals surface area contributed by atoms with Gasteiger partial charge in [-0.1, -0.05) is 12.1 Å². The van der Waals surface area contributed by atoms with Gasteiger partial charge < -0.3 is 15.2 Å². The van der Waals surface area contributed by atoms with Crippen LogP contribution in [-0.2, 0) is 11.3 Å². The largest absolute Gasteiger partial charge is 0.492 e. The Labute approximate surface area is 122 Å². The van der Waals surface area contributed by atoms with Crippen LogP contribution < -0.4 is 10.5 Å². The number of anilines is 1. The Hall–Kier alpha value is -2.56. The van der Waals surface area contributed by atoms with E-state index in [2.05, 4.69) is 0 Å². The van der Waals surface area contributed by atoms with Crippen molar-refractivity contribution in [1.29, 1.82) is 0 Å². The Morgan fingerprint density at radius 2 is 1.90 bits per heavy atom. The van der Waals surface area contributed by atoms with Crippen LogP contribution in [0.1, 0.15) is 22.8 Å². The maximum Gasteiger partial charge on any atom is 0.338 e. The lowest BCUT2D eigenvalue weighted by atomic mass is 10.2. The monoisotopic (exact) mass is 289 g/mol. The summed E-state index contributed by atoms with van der Waals surface area (Å²) in [7, 11) is 0. The predicted octanol–water partition coefficient (Wildman–Crippen LogP) is 3.16. The number of halogens is 1. The van der Waals surface area contributed by atoms with E-state index in [0.29, 0.717) is 29.2 Å². The summed E-state index contributed by atoms with van der Waals surface area (Å²) in [5.41, 5.74) is 7.23. The molecule has 0 spiro atoms. The highest BCUT2D eigenvalue weighted by Gasteiger charge is 2.10. The highest BCUT2D eigenvalue weighted by molar-refractivity contribution is 5.91. The zero-order chi connectivity index (χ0) is 15.2. The molecule has 0 aliphatic heterocycles. The molecule has 0 saturated heterocycles. The normalized spacial score (nSPS) is 10.2. The minimum Gasteiger partial charge on any atom is -0.492 e. The summed E-state index contributed by atoms with van der Waals surface area (Å²) < 4.78 is 23.2. The average Bonchev–Trinajstić information content (AvgIpc) is 2.48. The van der Waals surface area contributed by atoms with Gasteiger partial charge in [0.15, 0.2) is 0 Å². The molecule has 0 amide bonds. The summed E-state index contributed by atoms with van der Waals surface area (Å²) in [6, 6.07) is 10.5. The third-order valence-electron chi connectivity index (χ3n) is 2.83. The zero-order valence-corrected chi connectivity index (χ0v) is 11.6. The maximum atomic E-state index is 12.8. The molecule has 0 aliphatic rings. The van der Waals surface area contributed by atoms with Gasteiger partial charge in [0.25, 0.3) is 0 Å². The molecule has 0 saturated carbocycles. The number of nitrogen functional groups attached to an aromatic ring is 1. The number of benzene rings is 2. The van der Waals surface area contributed by atoms with E-state index in [9.17, 15) is 9.18 Å². The van der Waals surface area contributed by atoms with E-state index in [1.165, 1.54) is 18.2 Å². The minimum atomic E-state index is -0.492. The first kappa shape index (κ1) is 14.8. The Kier molecular flexibility index (Phi) is 4.77. The van der Waals surface area contributed by atoms with Crippen LogP contribution in [0.5, 0.6) is 5.75 Å². The second kappa shape index (κ2) is 6.74. The Balaban J connectivity index is 2.00. The van der Waals surface area contributed by atoms with Crippen LogP contribution in [0.15, 0.2) is 42.5 Å². The molecule has 0 radical (unpaired) electrons. The van der Waals surface area contributed by atoms with Crippen LogP contribution in [0.3, 0.4) is 0 Å². The Morgan fingerprint density at radius 1 is 1.19 bits per heavy atom. The van der Waals surface area contributed by atoms with Gasteiger partial charge in [0, 0.05) is 0 Å². The van der Waals surface area contributed by atoms with Crippen molar-refractivity contribution in [2.24, 2.45) is 0 Å². The topological polar surface area (TPSA) is 61.5 Å². The number of carbonyl (C=O) groups excluding carboxylic acids is 1. The van der Waals surface area contributed by atoms with E-state index >= 15 is 0 Å². The third kappa shape index (κ3) is 3.95. The molecular weight excluding hydrogens is 273 g/mol. The van der Waals surface area contributed by atoms with Gasteiger partial charge in [0.2, 0.25) is 0 Å². The van der Waals surface area contributed by atoms with Crippen LogP contribution in [0.4, 0.5) is 10.1 Å². The van der Waals surface area contributed by atoms with E-state index in [1.807, 2.05) is 6.92 Å². The van der Waals surface area contributed by atoms with Crippen molar-refractivity contribution in [2.75, 3.05) is 12.3 Å². The van der Waals surface area contributed by atoms with Gasteiger partial charge in [-0.25, -0.2) is 9.18 Å². The molecule has 0 aromatic heterocycles. The van der Waals surface area contributed by atoms with Crippen molar-refractivity contribution >= 4 is 11.7 Å². The summed E-state index contributed by atoms with van der Waals surface area (Å²) in [6.45, 7) is 2.43. The van der Waals surface area contributed by atoms with Gasteiger partial charge in [-0.05, 0) is 42.8 Å². The highest BCUT2D eigenvalue weighted by Crippen LogP contribution is 2.23. The lowest BCUT2D eigenvalue weighted by Crippen LogP contribution is -2.06. The van der Waals surface area contributed by atoms with Gasteiger partial charge in [-0.15, -0.1) is 0 Å². The minimum absolute atomic E-state index is 0.0756. The standard InChI is InChI=1S/C16H16FNO3/c1-2-20-15-8-5-12(9-14(15)18)16(19)21-10-11-3-6-13(17)7-4-11/h3-9H,2,10,18H2,1H3. The molecule has 2 rings (SSSR count). The van der Waals surface area contributed by atoms with Crippen molar-refractivity contribution in [3.63, 3.8) is 0 Å². The van der Waals surface area contributed by atoms with E-state index in [1.54, 1.807) is 24.3 Å². The Bertz CT molecular complexity index is 626. The van der Waals surface area contributed by atoms with E-state index in [0.717, 1.165) is 0 Å². The van der Waals surface area contributed by atoms with Crippen LogP contribution in [0, 0.1) is 5.82 Å². The number of rotatable bonds is 5. The number of hydrogen-bond donors (Lipinski definition) is 1. The van der Waals surface area contributed by atoms with Gasteiger partial charge in [-0.3, -0.25) is 0 Å². The van der Waals surface area contributed by atoms with Crippen molar-refractivity contribution in [2.45, 2.75) is 13.5 Å². The van der Waals surface area contributed by atoms with E-state index < -0.39 is 5.97 Å². The van der Waals surface area contributed by atoms with Crippen LogP contribution in [0.2, 0.25) is 0 Å². The first-order valence-corrected chi connectivity index (χ1v) is 6.54. The van der Waals surface area contributed by atoms with Gasteiger partial charge >= 0.3 is 5.97 Å². The molecule has 110 valence electrons. The molecule has 0 bridgehead atoms.